The smallest absolute Gasteiger partial charge is 0.280 e. The standard InChI is InChI=1S/C23H20N6OS/c1-16-7-9-18(10-8-16)29-20(15-31-23-24-12-4-13-25-23)21(26-27-29)22(30)28-14-11-17-5-2-3-6-19(17)28/h2-10,12-13H,11,14-15H2,1H3. The third-order valence-corrected chi connectivity index (χ3v) is 6.14. The molecule has 0 N–H and O–H groups in total. The molecule has 1 aliphatic heterocycles. The summed E-state index contributed by atoms with van der Waals surface area (Å²) in [5, 5.41) is 9.30. The molecule has 0 unspecified atom stereocenters. The molecule has 1 aliphatic rings. The lowest BCUT2D eigenvalue weighted by Crippen LogP contribution is -2.30. The van der Waals surface area contributed by atoms with Crippen molar-refractivity contribution in [1.82, 2.24) is 25.0 Å². The molecular formula is C23H20N6OS. The van der Waals surface area contributed by atoms with Crippen LogP contribution >= 0.6 is 11.8 Å². The number of carbonyl (C=O) groups is 1. The van der Waals surface area contributed by atoms with E-state index >= 15 is 0 Å². The summed E-state index contributed by atoms with van der Waals surface area (Å²) in [5.41, 5.74) is 5.24. The Balaban J connectivity index is 1.52. The number of aromatic nitrogens is 5. The second-order valence-electron chi connectivity index (χ2n) is 7.29. The Morgan fingerprint density at radius 1 is 1.03 bits per heavy atom. The maximum atomic E-state index is 13.5. The highest BCUT2D eigenvalue weighted by Gasteiger charge is 2.30. The van der Waals surface area contributed by atoms with Gasteiger partial charge < -0.3 is 4.90 Å². The van der Waals surface area contributed by atoms with Gasteiger partial charge in [-0.25, -0.2) is 14.6 Å². The van der Waals surface area contributed by atoms with Gasteiger partial charge in [0.2, 0.25) is 0 Å². The molecule has 0 saturated heterocycles. The van der Waals surface area contributed by atoms with Gasteiger partial charge in [0.05, 0.1) is 11.4 Å². The Morgan fingerprint density at radius 3 is 2.61 bits per heavy atom. The van der Waals surface area contributed by atoms with Gasteiger partial charge in [0, 0.05) is 30.4 Å². The monoisotopic (exact) mass is 428 g/mol. The number of hydrogen-bond acceptors (Lipinski definition) is 6. The third kappa shape index (κ3) is 3.82. The van der Waals surface area contributed by atoms with Crippen molar-refractivity contribution in [2.45, 2.75) is 24.3 Å². The number of anilines is 1. The summed E-state index contributed by atoms with van der Waals surface area (Å²) in [5.74, 6) is 0.342. The van der Waals surface area contributed by atoms with Crippen LogP contribution in [0.3, 0.4) is 0 Å². The van der Waals surface area contributed by atoms with Crippen LogP contribution in [0.4, 0.5) is 5.69 Å². The SMILES string of the molecule is Cc1ccc(-n2nnc(C(=O)N3CCc4ccccc43)c2CSc2ncccn2)cc1. The van der Waals surface area contributed by atoms with E-state index in [1.165, 1.54) is 17.3 Å². The molecule has 0 bridgehead atoms. The van der Waals surface area contributed by atoms with Gasteiger partial charge in [-0.05, 0) is 43.2 Å². The Hall–Kier alpha value is -3.52. The number of para-hydroxylation sites is 1. The lowest BCUT2D eigenvalue weighted by atomic mass is 10.2. The maximum Gasteiger partial charge on any atom is 0.280 e. The second-order valence-corrected chi connectivity index (χ2v) is 8.23. The minimum atomic E-state index is -0.132. The highest BCUT2D eigenvalue weighted by Crippen LogP contribution is 2.30. The van der Waals surface area contributed by atoms with Crippen LogP contribution in [-0.4, -0.2) is 37.4 Å². The average Bonchev–Trinajstić information content (AvgIpc) is 3.43. The number of thioether (sulfide) groups is 1. The van der Waals surface area contributed by atoms with Crippen LogP contribution in [0.1, 0.15) is 27.3 Å². The lowest BCUT2D eigenvalue weighted by molar-refractivity contribution is 0.0984. The summed E-state index contributed by atoms with van der Waals surface area (Å²) in [4.78, 5) is 23.9. The van der Waals surface area contributed by atoms with Crippen molar-refractivity contribution in [2.24, 2.45) is 0 Å². The predicted octanol–water partition coefficient (Wildman–Crippen LogP) is 3.86. The largest absolute Gasteiger partial charge is 0.306 e. The molecule has 0 atom stereocenters. The summed E-state index contributed by atoms with van der Waals surface area (Å²) < 4.78 is 1.74. The number of amides is 1. The Morgan fingerprint density at radius 2 is 1.81 bits per heavy atom. The average molecular weight is 429 g/mol. The maximum absolute atomic E-state index is 13.5. The number of carbonyl (C=O) groups excluding carboxylic acids is 1. The molecule has 154 valence electrons. The molecule has 0 fully saturated rings. The molecule has 31 heavy (non-hydrogen) atoms. The minimum Gasteiger partial charge on any atom is -0.306 e. The molecule has 5 rings (SSSR count). The van der Waals surface area contributed by atoms with E-state index in [0.717, 1.165) is 29.1 Å². The van der Waals surface area contributed by atoms with E-state index in [0.29, 0.717) is 23.1 Å². The first-order valence-corrected chi connectivity index (χ1v) is 11.0. The van der Waals surface area contributed by atoms with Crippen LogP contribution in [0.25, 0.3) is 5.69 Å². The van der Waals surface area contributed by atoms with Crippen LogP contribution in [0.5, 0.6) is 0 Å². The van der Waals surface area contributed by atoms with E-state index in [-0.39, 0.29) is 5.91 Å². The molecule has 2 aromatic heterocycles. The van der Waals surface area contributed by atoms with Gasteiger partial charge in [-0.15, -0.1) is 5.10 Å². The zero-order valence-corrected chi connectivity index (χ0v) is 17.8. The summed E-state index contributed by atoms with van der Waals surface area (Å²) >= 11 is 1.46. The van der Waals surface area contributed by atoms with Crippen molar-refractivity contribution in [2.75, 3.05) is 11.4 Å². The summed E-state index contributed by atoms with van der Waals surface area (Å²) in [6, 6.07) is 17.8. The van der Waals surface area contributed by atoms with E-state index in [1.54, 1.807) is 28.0 Å². The van der Waals surface area contributed by atoms with E-state index in [2.05, 4.69) is 26.3 Å². The predicted molar refractivity (Wildman–Crippen MR) is 120 cm³/mol. The molecule has 1 amide bonds. The number of aryl methyl sites for hydroxylation is 1. The van der Waals surface area contributed by atoms with Crippen LogP contribution in [-0.2, 0) is 12.2 Å². The number of benzene rings is 2. The fourth-order valence-electron chi connectivity index (χ4n) is 3.66. The quantitative estimate of drug-likeness (QED) is 0.355. The molecule has 0 aliphatic carbocycles. The molecule has 7 nitrogen and oxygen atoms in total. The van der Waals surface area contributed by atoms with Gasteiger partial charge in [0.1, 0.15) is 0 Å². The molecule has 3 heterocycles. The molecule has 0 radical (unpaired) electrons. The Bertz CT molecular complexity index is 1220. The van der Waals surface area contributed by atoms with Crippen LogP contribution in [0.2, 0.25) is 0 Å². The van der Waals surface area contributed by atoms with Crippen molar-refractivity contribution in [3.63, 3.8) is 0 Å². The van der Waals surface area contributed by atoms with Gasteiger partial charge in [0.15, 0.2) is 10.9 Å². The minimum absolute atomic E-state index is 0.132. The van der Waals surface area contributed by atoms with Crippen molar-refractivity contribution < 1.29 is 4.79 Å². The van der Waals surface area contributed by atoms with Crippen LogP contribution < -0.4 is 4.90 Å². The van der Waals surface area contributed by atoms with Gasteiger partial charge in [-0.3, -0.25) is 4.79 Å². The van der Waals surface area contributed by atoms with Crippen LogP contribution in [0.15, 0.2) is 72.1 Å². The normalized spacial score (nSPS) is 12.7. The number of nitrogens with zero attached hydrogens (tertiary/aromatic N) is 6. The molecule has 0 spiro atoms. The zero-order chi connectivity index (χ0) is 21.2. The van der Waals surface area contributed by atoms with Gasteiger partial charge in [0.25, 0.3) is 5.91 Å². The Kier molecular flexibility index (Phi) is 5.21. The lowest BCUT2D eigenvalue weighted by Gasteiger charge is -2.17. The first kappa shape index (κ1) is 19.4. The van der Waals surface area contributed by atoms with Crippen molar-refractivity contribution in [1.29, 1.82) is 0 Å². The summed E-state index contributed by atoms with van der Waals surface area (Å²) in [7, 11) is 0. The third-order valence-electron chi connectivity index (χ3n) is 5.26. The van der Waals surface area contributed by atoms with E-state index in [9.17, 15) is 4.79 Å². The van der Waals surface area contributed by atoms with E-state index in [4.69, 9.17) is 0 Å². The van der Waals surface area contributed by atoms with Crippen molar-refractivity contribution >= 4 is 23.4 Å². The summed E-state index contributed by atoms with van der Waals surface area (Å²) in [6.45, 7) is 2.68. The van der Waals surface area contributed by atoms with Crippen LogP contribution in [0, 0.1) is 6.92 Å². The van der Waals surface area contributed by atoms with Gasteiger partial charge >= 0.3 is 0 Å². The zero-order valence-electron chi connectivity index (χ0n) is 17.0. The van der Waals surface area contributed by atoms with Gasteiger partial charge in [-0.1, -0.05) is 52.9 Å². The number of hydrogen-bond donors (Lipinski definition) is 0. The Labute approximate surface area is 184 Å². The highest BCUT2D eigenvalue weighted by atomic mass is 32.2. The van der Waals surface area contributed by atoms with Crippen molar-refractivity contribution in [3.8, 4) is 5.69 Å². The topological polar surface area (TPSA) is 76.8 Å². The summed E-state index contributed by atoms with van der Waals surface area (Å²) in [6.07, 6.45) is 4.26. The van der Waals surface area contributed by atoms with Gasteiger partial charge in [-0.2, -0.15) is 0 Å². The first-order chi connectivity index (χ1) is 15.2. The second kappa shape index (κ2) is 8.31. The molecule has 2 aromatic carbocycles. The number of rotatable bonds is 5. The molecular weight excluding hydrogens is 408 g/mol. The van der Waals surface area contributed by atoms with Crippen molar-refractivity contribution in [3.05, 3.63) is 89.5 Å². The van der Waals surface area contributed by atoms with E-state index in [1.807, 2.05) is 49.4 Å². The molecule has 0 saturated carbocycles. The fraction of sp³-hybridized carbons (Fsp3) is 0.174. The number of fused-ring (bicyclic) bond motifs is 1. The molecule has 8 heteroatoms. The first-order valence-electron chi connectivity index (χ1n) is 10.0. The highest BCUT2D eigenvalue weighted by molar-refractivity contribution is 7.98. The molecule has 4 aromatic rings. The van der Waals surface area contributed by atoms with E-state index < -0.39 is 0 Å². The fourth-order valence-corrected chi connectivity index (χ4v) is 4.46.